The lowest BCUT2D eigenvalue weighted by Crippen LogP contribution is -2.38. The third-order valence-electron chi connectivity index (χ3n) is 3.58. The molecule has 122 valence electrons. The molecule has 5 heteroatoms. The zero-order valence-electron chi connectivity index (χ0n) is 13.0. The van der Waals surface area contributed by atoms with E-state index >= 15 is 0 Å². The summed E-state index contributed by atoms with van der Waals surface area (Å²) in [6.07, 6.45) is 0.558. The number of hydrogen-bond acceptors (Lipinski definition) is 4. The number of amides is 1. The summed E-state index contributed by atoms with van der Waals surface area (Å²) in [6.45, 7) is 0.499. The number of carbonyl (C=O) groups is 1. The summed E-state index contributed by atoms with van der Waals surface area (Å²) in [5.74, 6) is 0.256. The van der Waals surface area contributed by atoms with Gasteiger partial charge in [-0.25, -0.2) is 0 Å². The topological polar surface area (TPSA) is 78.8 Å². The van der Waals surface area contributed by atoms with Gasteiger partial charge in [0.15, 0.2) is 0 Å². The van der Waals surface area contributed by atoms with Gasteiger partial charge < -0.3 is 20.3 Å². The number of phenolic OH excluding ortho intramolecular Hbond substituents is 2. The van der Waals surface area contributed by atoms with E-state index in [0.29, 0.717) is 19.4 Å². The number of phenols is 2. The van der Waals surface area contributed by atoms with Crippen molar-refractivity contribution >= 4 is 5.91 Å². The molecule has 0 aliphatic rings. The van der Waals surface area contributed by atoms with Crippen molar-refractivity contribution in [1.82, 2.24) is 5.32 Å². The lowest BCUT2D eigenvalue weighted by molar-refractivity contribution is -0.130. The van der Waals surface area contributed by atoms with Gasteiger partial charge >= 0.3 is 0 Å². The number of carbonyl (C=O) groups excluding carboxylic acids is 1. The first-order valence-electron chi connectivity index (χ1n) is 7.45. The average Bonchev–Trinajstić information content (AvgIpc) is 2.56. The van der Waals surface area contributed by atoms with E-state index in [9.17, 15) is 15.0 Å². The molecule has 5 nitrogen and oxygen atoms in total. The van der Waals surface area contributed by atoms with Crippen LogP contribution in [0, 0.1) is 0 Å². The van der Waals surface area contributed by atoms with Crippen LogP contribution in [-0.2, 0) is 22.4 Å². The monoisotopic (exact) mass is 315 g/mol. The van der Waals surface area contributed by atoms with Crippen LogP contribution in [0.2, 0.25) is 0 Å². The van der Waals surface area contributed by atoms with Gasteiger partial charge in [-0.05, 0) is 41.8 Å². The summed E-state index contributed by atoms with van der Waals surface area (Å²) in [4.78, 5) is 12.2. The molecule has 0 aliphatic heterocycles. The molecule has 0 heterocycles. The maximum atomic E-state index is 12.2. The highest BCUT2D eigenvalue weighted by Gasteiger charge is 2.17. The second-order valence-electron chi connectivity index (χ2n) is 5.30. The van der Waals surface area contributed by atoms with Gasteiger partial charge in [-0.3, -0.25) is 4.79 Å². The van der Waals surface area contributed by atoms with Gasteiger partial charge in [0, 0.05) is 20.1 Å². The van der Waals surface area contributed by atoms with Crippen molar-refractivity contribution in [3.05, 3.63) is 59.7 Å². The van der Waals surface area contributed by atoms with Crippen LogP contribution in [0.15, 0.2) is 48.5 Å². The molecule has 1 amide bonds. The van der Waals surface area contributed by atoms with Crippen molar-refractivity contribution in [2.45, 2.75) is 18.9 Å². The fraction of sp³-hybridized carbons (Fsp3) is 0.278. The van der Waals surface area contributed by atoms with Gasteiger partial charge in [0.25, 0.3) is 0 Å². The molecule has 1 atom stereocenters. The molecule has 0 aliphatic carbocycles. The standard InChI is InChI=1S/C18H21NO4/c1-23-17(12-14-4-8-16(21)9-5-14)18(22)19-11-10-13-2-6-15(20)7-3-13/h2-9,17,20-21H,10-12H2,1H3,(H,19,22). The molecule has 1 unspecified atom stereocenters. The molecule has 3 N–H and O–H groups in total. The SMILES string of the molecule is COC(Cc1ccc(O)cc1)C(=O)NCCc1ccc(O)cc1. The molecule has 0 bridgehead atoms. The van der Waals surface area contributed by atoms with Crippen LogP contribution < -0.4 is 5.32 Å². The minimum Gasteiger partial charge on any atom is -0.508 e. The number of ether oxygens (including phenoxy) is 1. The molecule has 23 heavy (non-hydrogen) atoms. The van der Waals surface area contributed by atoms with Crippen molar-refractivity contribution in [2.75, 3.05) is 13.7 Å². The van der Waals surface area contributed by atoms with Crippen LogP contribution in [0.5, 0.6) is 11.5 Å². The van der Waals surface area contributed by atoms with E-state index in [-0.39, 0.29) is 17.4 Å². The Morgan fingerprint density at radius 1 is 1.00 bits per heavy atom. The second-order valence-corrected chi connectivity index (χ2v) is 5.30. The fourth-order valence-electron chi connectivity index (χ4n) is 2.24. The minimum atomic E-state index is -0.570. The van der Waals surface area contributed by atoms with Gasteiger partial charge in [0.05, 0.1) is 0 Å². The Morgan fingerprint density at radius 2 is 1.52 bits per heavy atom. The third kappa shape index (κ3) is 5.30. The van der Waals surface area contributed by atoms with E-state index in [0.717, 1.165) is 11.1 Å². The maximum absolute atomic E-state index is 12.2. The van der Waals surface area contributed by atoms with Crippen molar-refractivity contribution < 1.29 is 19.7 Å². The molecule has 2 aromatic rings. The van der Waals surface area contributed by atoms with Crippen molar-refractivity contribution in [2.24, 2.45) is 0 Å². The number of rotatable bonds is 7. The first-order chi connectivity index (χ1) is 11.1. The van der Waals surface area contributed by atoms with E-state index in [1.165, 1.54) is 7.11 Å². The van der Waals surface area contributed by atoms with Gasteiger partial charge in [0.2, 0.25) is 5.91 Å². The van der Waals surface area contributed by atoms with Crippen LogP contribution in [0.1, 0.15) is 11.1 Å². The molecule has 2 aromatic carbocycles. The predicted molar refractivity (Wildman–Crippen MR) is 87.4 cm³/mol. The Bertz CT molecular complexity index is 622. The summed E-state index contributed by atoms with van der Waals surface area (Å²) in [5, 5.41) is 21.4. The summed E-state index contributed by atoms with van der Waals surface area (Å²) in [5.41, 5.74) is 1.96. The zero-order chi connectivity index (χ0) is 16.7. The quantitative estimate of drug-likeness (QED) is 0.730. The number of nitrogens with one attached hydrogen (secondary N) is 1. The van der Waals surface area contributed by atoms with Crippen LogP contribution in [0.3, 0.4) is 0 Å². The predicted octanol–water partition coefficient (Wildman–Crippen LogP) is 2.01. The normalized spacial score (nSPS) is 11.9. The number of methoxy groups -OCH3 is 1. The van der Waals surface area contributed by atoms with E-state index < -0.39 is 6.10 Å². The van der Waals surface area contributed by atoms with Crippen molar-refractivity contribution in [3.63, 3.8) is 0 Å². The Kier molecular flexibility index (Phi) is 6.00. The summed E-state index contributed by atoms with van der Waals surface area (Å²) in [6, 6.07) is 13.6. The molecule has 0 radical (unpaired) electrons. The molecule has 0 spiro atoms. The first-order valence-corrected chi connectivity index (χ1v) is 7.45. The Labute approximate surface area is 135 Å². The first kappa shape index (κ1) is 16.8. The average molecular weight is 315 g/mol. The van der Waals surface area contributed by atoms with Gasteiger partial charge in [-0.1, -0.05) is 24.3 Å². The zero-order valence-corrected chi connectivity index (χ0v) is 13.0. The molecule has 2 rings (SSSR count). The third-order valence-corrected chi connectivity index (χ3v) is 3.58. The van der Waals surface area contributed by atoms with Crippen LogP contribution >= 0.6 is 0 Å². The summed E-state index contributed by atoms with van der Waals surface area (Å²) >= 11 is 0. The van der Waals surface area contributed by atoms with Crippen LogP contribution in [0.4, 0.5) is 0 Å². The van der Waals surface area contributed by atoms with E-state index in [1.807, 2.05) is 12.1 Å². The number of hydrogen-bond donors (Lipinski definition) is 3. The van der Waals surface area contributed by atoms with Gasteiger partial charge in [-0.2, -0.15) is 0 Å². The van der Waals surface area contributed by atoms with E-state index in [4.69, 9.17) is 4.74 Å². The molecular weight excluding hydrogens is 294 g/mol. The van der Waals surface area contributed by atoms with Crippen LogP contribution in [-0.4, -0.2) is 35.9 Å². The minimum absolute atomic E-state index is 0.167. The Balaban J connectivity index is 1.82. The Hall–Kier alpha value is -2.53. The highest BCUT2D eigenvalue weighted by molar-refractivity contribution is 5.81. The number of benzene rings is 2. The van der Waals surface area contributed by atoms with Gasteiger partial charge in [0.1, 0.15) is 17.6 Å². The number of aromatic hydroxyl groups is 2. The maximum Gasteiger partial charge on any atom is 0.249 e. The highest BCUT2D eigenvalue weighted by Crippen LogP contribution is 2.13. The van der Waals surface area contributed by atoms with E-state index in [1.54, 1.807) is 36.4 Å². The van der Waals surface area contributed by atoms with Crippen molar-refractivity contribution in [3.8, 4) is 11.5 Å². The Morgan fingerprint density at radius 3 is 2.04 bits per heavy atom. The summed E-state index contributed by atoms with van der Waals surface area (Å²) in [7, 11) is 1.50. The smallest absolute Gasteiger partial charge is 0.249 e. The molecule has 0 fully saturated rings. The molecular formula is C18H21NO4. The highest BCUT2D eigenvalue weighted by atomic mass is 16.5. The fourth-order valence-corrected chi connectivity index (χ4v) is 2.24. The largest absolute Gasteiger partial charge is 0.508 e. The molecule has 0 saturated carbocycles. The van der Waals surface area contributed by atoms with Gasteiger partial charge in [-0.15, -0.1) is 0 Å². The lowest BCUT2D eigenvalue weighted by atomic mass is 10.1. The van der Waals surface area contributed by atoms with Crippen LogP contribution in [0.25, 0.3) is 0 Å². The lowest BCUT2D eigenvalue weighted by Gasteiger charge is -2.15. The summed E-state index contributed by atoms with van der Waals surface area (Å²) < 4.78 is 5.26. The second kappa shape index (κ2) is 8.19. The van der Waals surface area contributed by atoms with Crippen molar-refractivity contribution in [1.29, 1.82) is 0 Å². The molecule has 0 saturated heterocycles. The molecule has 0 aromatic heterocycles. The van der Waals surface area contributed by atoms with E-state index in [2.05, 4.69) is 5.32 Å².